The minimum atomic E-state index is -10.7. The van der Waals surface area contributed by atoms with E-state index in [0.29, 0.717) is 0 Å². The Labute approximate surface area is 98.5 Å². The van der Waals surface area contributed by atoms with Crippen LogP contribution in [0.4, 0.5) is 25.2 Å². The minimum absolute atomic E-state index is 0.596. The molecule has 0 saturated heterocycles. The van der Waals surface area contributed by atoms with E-state index in [-0.39, 0.29) is 0 Å². The van der Waals surface area contributed by atoms with Crippen molar-refractivity contribution in [2.24, 2.45) is 0 Å². The number of hydrogen-bond acceptors (Lipinski definition) is 3. The van der Waals surface area contributed by atoms with Crippen LogP contribution in [0.25, 0.3) is 0 Å². The fourth-order valence-electron chi connectivity index (χ4n) is 1.20. The van der Waals surface area contributed by atoms with Gasteiger partial charge in [-0.05, 0) is 0 Å². The average molecular weight is 309 g/mol. The van der Waals surface area contributed by atoms with E-state index in [9.17, 15) is 25.2 Å². The van der Waals surface area contributed by atoms with Crippen LogP contribution in [0, 0.1) is 0 Å². The van der Waals surface area contributed by atoms with Crippen molar-refractivity contribution in [3.05, 3.63) is 0 Å². The van der Waals surface area contributed by atoms with Gasteiger partial charge in [0.2, 0.25) is 8.37 Å². The molecule has 0 heterocycles. The second kappa shape index (κ2) is 5.13. The van der Waals surface area contributed by atoms with Crippen molar-refractivity contribution in [1.29, 1.82) is 0 Å². The molecule has 0 aliphatic carbocycles. The fourth-order valence-corrected chi connectivity index (χ4v) is 3.60. The Morgan fingerprint density at radius 3 is 0.706 bits per heavy atom. The molecule has 0 saturated carbocycles. The molecule has 0 aliphatic rings. The monoisotopic (exact) mass is 309 g/mol. The van der Waals surface area contributed by atoms with Crippen molar-refractivity contribution < 1.29 is 25.2 Å². The van der Waals surface area contributed by atoms with Gasteiger partial charge in [-0.3, -0.25) is 0 Å². The van der Waals surface area contributed by atoms with Crippen molar-refractivity contribution in [2.75, 3.05) is 42.3 Å². The van der Waals surface area contributed by atoms with Gasteiger partial charge in [-0.15, -0.1) is 0 Å². The fraction of sp³-hybridized carbons (Fsp3) is 1.00. The summed E-state index contributed by atoms with van der Waals surface area (Å²) in [6.07, 6.45) is 0. The van der Waals surface area contributed by atoms with Crippen molar-refractivity contribution in [3.8, 4) is 0 Å². The summed E-state index contributed by atoms with van der Waals surface area (Å²) in [6, 6.07) is 0. The number of nitrogens with zero attached hydrogens (tertiary/aromatic N) is 3. The van der Waals surface area contributed by atoms with Crippen LogP contribution in [0.3, 0.4) is 0 Å². The molecule has 11 heteroatoms. The van der Waals surface area contributed by atoms with Gasteiger partial charge in [-0.25, -0.2) is 0 Å². The number of rotatable bonds is 3. The third-order valence-corrected chi connectivity index (χ3v) is 3.60. The Morgan fingerprint density at radius 1 is 0.588 bits per heavy atom. The summed E-state index contributed by atoms with van der Waals surface area (Å²) < 4.78 is 66.0. The van der Waals surface area contributed by atoms with E-state index < -0.39 is 16.2 Å². The molecule has 17 heavy (non-hydrogen) atoms. The molecule has 0 aromatic heterocycles. The van der Waals surface area contributed by atoms with E-state index in [0.717, 1.165) is 0 Å². The topological polar surface area (TPSA) is 9.72 Å². The average Bonchev–Trinajstić information content (AvgIpc) is 1.73. The van der Waals surface area contributed by atoms with E-state index in [1.807, 2.05) is 0 Å². The summed E-state index contributed by atoms with van der Waals surface area (Å²) in [7, 11) is 1.46. The Bertz CT molecular complexity index is 205. The third-order valence-electron chi connectivity index (χ3n) is 1.20. The molecule has 0 radical (unpaired) electrons. The zero-order chi connectivity index (χ0) is 14.7. The summed E-state index contributed by atoms with van der Waals surface area (Å²) in [4.78, 5) is 0. The molecular formula is C6H19F6N3P2. The van der Waals surface area contributed by atoms with E-state index in [1.165, 1.54) is 0 Å². The van der Waals surface area contributed by atoms with Crippen LogP contribution in [-0.4, -0.2) is 56.3 Å². The van der Waals surface area contributed by atoms with Gasteiger partial charge >= 0.3 is 33.0 Å². The second-order valence-electron chi connectivity index (χ2n) is 3.94. The molecule has 0 fully saturated rings. The van der Waals surface area contributed by atoms with Crippen molar-refractivity contribution >= 4 is 16.2 Å². The Hall–Kier alpha value is 0.320. The third kappa shape index (κ3) is 22.0. The summed E-state index contributed by atoms with van der Waals surface area (Å²) >= 11 is 0. The first-order valence-electron chi connectivity index (χ1n) is 4.37. The predicted octanol–water partition coefficient (Wildman–Crippen LogP) is 4.01. The van der Waals surface area contributed by atoms with Crippen LogP contribution in [0.2, 0.25) is 0 Å². The Kier molecular flexibility index (Phi) is 5.93. The summed E-state index contributed by atoms with van der Waals surface area (Å²) in [5.74, 6) is 0. The molecule has 0 N–H and O–H groups in total. The van der Waals surface area contributed by atoms with Gasteiger partial charge in [0, 0.05) is 42.3 Å². The van der Waals surface area contributed by atoms with Gasteiger partial charge in [0.1, 0.15) is 0 Å². The predicted molar refractivity (Wildman–Crippen MR) is 62.9 cm³/mol. The van der Waals surface area contributed by atoms with Crippen LogP contribution in [0.1, 0.15) is 0 Å². The zero-order valence-electron chi connectivity index (χ0n) is 10.6. The first-order valence-corrected chi connectivity index (χ1v) is 7.74. The van der Waals surface area contributed by atoms with Gasteiger partial charge in [-0.1, -0.05) is 0 Å². The first kappa shape index (κ1) is 19.7. The van der Waals surface area contributed by atoms with Gasteiger partial charge in [0.25, 0.3) is 0 Å². The molecule has 3 nitrogen and oxygen atoms in total. The second-order valence-corrected chi connectivity index (χ2v) is 9.14. The van der Waals surface area contributed by atoms with E-state index >= 15 is 0 Å². The van der Waals surface area contributed by atoms with E-state index in [2.05, 4.69) is 56.3 Å². The van der Waals surface area contributed by atoms with Gasteiger partial charge in [-0.2, -0.15) is 14.0 Å². The van der Waals surface area contributed by atoms with E-state index in [4.69, 9.17) is 0 Å². The number of halogens is 6. The van der Waals surface area contributed by atoms with Crippen LogP contribution in [-0.2, 0) is 0 Å². The standard InChI is InChI=1S/C6H18N3P.F6P/c1-7(2)10(8(3)4)9(5)6;1-7(2,3,4,5)6/h1-6H3;/q;-1/p+1. The van der Waals surface area contributed by atoms with Crippen LogP contribution in [0.5, 0.6) is 0 Å². The van der Waals surface area contributed by atoms with Crippen LogP contribution in [0.15, 0.2) is 0 Å². The molecule has 0 atom stereocenters. The van der Waals surface area contributed by atoms with Crippen molar-refractivity contribution in [1.82, 2.24) is 14.0 Å². The summed E-state index contributed by atoms with van der Waals surface area (Å²) in [5.41, 5.74) is 0. The maximum atomic E-state index is 9.87. The summed E-state index contributed by atoms with van der Waals surface area (Å²) in [6.45, 7) is 0. The SMILES string of the molecule is CN(C)[PH+](N(C)C)N(C)C.F[P-](F)(F)(F)(F)F. The molecule has 0 aromatic carbocycles. The van der Waals surface area contributed by atoms with Gasteiger partial charge in [0.05, 0.1) is 0 Å². The Balaban J connectivity index is 0. The zero-order valence-corrected chi connectivity index (χ0v) is 12.5. The number of hydrogen-bond donors (Lipinski definition) is 0. The Morgan fingerprint density at radius 2 is 0.706 bits per heavy atom. The van der Waals surface area contributed by atoms with Crippen molar-refractivity contribution in [2.45, 2.75) is 0 Å². The molecule has 0 spiro atoms. The quantitative estimate of drug-likeness (QED) is 0.576. The molecule has 0 aromatic rings. The summed E-state index contributed by atoms with van der Waals surface area (Å²) in [5, 5.41) is 0. The maximum absolute atomic E-state index is 10.7. The molecule has 110 valence electrons. The molecule has 0 amide bonds. The molecule has 0 aliphatic heterocycles. The molecule has 0 unspecified atom stereocenters. The van der Waals surface area contributed by atoms with Gasteiger partial charge < -0.3 is 0 Å². The van der Waals surface area contributed by atoms with E-state index in [1.54, 1.807) is 0 Å². The van der Waals surface area contributed by atoms with Crippen LogP contribution >= 0.6 is 16.2 Å². The van der Waals surface area contributed by atoms with Gasteiger partial charge in [0.15, 0.2) is 0 Å². The molecule has 0 bridgehead atoms. The first-order chi connectivity index (χ1) is 6.91. The van der Waals surface area contributed by atoms with Crippen LogP contribution < -0.4 is 0 Å². The molecular weight excluding hydrogens is 290 g/mol. The normalized spacial score (nSPS) is 16.9. The van der Waals surface area contributed by atoms with Crippen molar-refractivity contribution in [3.63, 3.8) is 0 Å². The molecule has 0 rings (SSSR count).